The lowest BCUT2D eigenvalue weighted by Gasteiger charge is -2.40. The second-order valence-corrected chi connectivity index (χ2v) is 7.99. The molecule has 1 aromatic carbocycles. The van der Waals surface area contributed by atoms with Crippen LogP contribution in [0.1, 0.15) is 44.1 Å². The minimum absolute atomic E-state index is 0.437. The molecule has 3 nitrogen and oxygen atoms in total. The molecule has 1 heterocycles. The van der Waals surface area contributed by atoms with Crippen molar-refractivity contribution < 1.29 is 5.11 Å². The molecule has 134 valence electrons. The highest BCUT2D eigenvalue weighted by Crippen LogP contribution is 2.36. The number of piperazine rings is 1. The summed E-state index contributed by atoms with van der Waals surface area (Å²) < 4.78 is 0. The van der Waals surface area contributed by atoms with Gasteiger partial charge in [-0.15, -0.1) is 0 Å². The van der Waals surface area contributed by atoms with Crippen molar-refractivity contribution in [3.63, 3.8) is 0 Å². The number of aliphatic hydroxyl groups is 1. The summed E-state index contributed by atoms with van der Waals surface area (Å²) in [6.45, 7) is 5.72. The Hall–Kier alpha value is -0.900. The fraction of sp³-hybridized carbons (Fsp3) is 0.714. The van der Waals surface area contributed by atoms with Gasteiger partial charge in [0.25, 0.3) is 0 Å². The summed E-state index contributed by atoms with van der Waals surface area (Å²) in [5.74, 6) is 0.437. The normalized spacial score (nSPS) is 30.2. The Morgan fingerprint density at radius 3 is 2.54 bits per heavy atom. The standard InChI is InChI=1S/C21H34N2O/c1-22-14-16-23(17-15-22)18-20-10-6-3-7-12-21(20,24)13-11-19-8-4-2-5-9-19/h2,4-5,8-9,20,24H,3,6-7,10-18H2,1H3. The molecular weight excluding hydrogens is 296 g/mol. The Bertz CT molecular complexity index is 484. The van der Waals surface area contributed by atoms with Gasteiger partial charge in [0.1, 0.15) is 0 Å². The fourth-order valence-corrected chi connectivity index (χ4v) is 4.41. The van der Waals surface area contributed by atoms with Crippen molar-refractivity contribution in [3.05, 3.63) is 35.9 Å². The molecule has 24 heavy (non-hydrogen) atoms. The highest BCUT2D eigenvalue weighted by Gasteiger charge is 2.38. The molecule has 1 saturated heterocycles. The predicted octanol–water partition coefficient (Wildman–Crippen LogP) is 3.18. The Morgan fingerprint density at radius 2 is 1.79 bits per heavy atom. The number of rotatable bonds is 5. The largest absolute Gasteiger partial charge is 0.390 e. The minimum atomic E-state index is -0.476. The second kappa shape index (κ2) is 8.46. The van der Waals surface area contributed by atoms with Crippen molar-refractivity contribution in [1.82, 2.24) is 9.80 Å². The molecule has 1 N–H and O–H groups in total. The summed E-state index contributed by atoms with van der Waals surface area (Å²) in [5.41, 5.74) is 0.879. The molecule has 0 bridgehead atoms. The number of likely N-dealkylation sites (N-methyl/N-ethyl adjacent to an activating group) is 1. The highest BCUT2D eigenvalue weighted by molar-refractivity contribution is 5.15. The van der Waals surface area contributed by atoms with Gasteiger partial charge in [0, 0.05) is 38.6 Å². The molecule has 2 aliphatic rings. The SMILES string of the molecule is CN1CCN(CC2CCCCCC2(O)CCc2ccccc2)CC1. The smallest absolute Gasteiger partial charge is 0.0691 e. The van der Waals surface area contributed by atoms with Crippen molar-refractivity contribution in [3.8, 4) is 0 Å². The van der Waals surface area contributed by atoms with E-state index in [0.717, 1.165) is 52.0 Å². The first kappa shape index (κ1) is 17.9. The molecule has 1 aromatic rings. The zero-order valence-electron chi connectivity index (χ0n) is 15.3. The maximum absolute atomic E-state index is 11.5. The lowest BCUT2D eigenvalue weighted by molar-refractivity contribution is -0.0470. The van der Waals surface area contributed by atoms with Crippen molar-refractivity contribution in [2.75, 3.05) is 39.8 Å². The van der Waals surface area contributed by atoms with Crippen LogP contribution in [0.5, 0.6) is 0 Å². The first-order valence-corrected chi connectivity index (χ1v) is 9.83. The maximum Gasteiger partial charge on any atom is 0.0691 e. The summed E-state index contributed by atoms with van der Waals surface area (Å²) in [4.78, 5) is 4.99. The molecule has 3 heteroatoms. The predicted molar refractivity (Wildman–Crippen MR) is 100 cm³/mol. The minimum Gasteiger partial charge on any atom is -0.390 e. The topological polar surface area (TPSA) is 26.7 Å². The maximum atomic E-state index is 11.5. The van der Waals surface area contributed by atoms with Gasteiger partial charge in [-0.05, 0) is 38.3 Å². The first-order chi connectivity index (χ1) is 11.7. The van der Waals surface area contributed by atoms with Crippen LogP contribution in [0.4, 0.5) is 0 Å². The third-order valence-electron chi connectivity index (χ3n) is 6.19. The van der Waals surface area contributed by atoms with E-state index in [-0.39, 0.29) is 0 Å². The molecule has 1 aliphatic heterocycles. The third kappa shape index (κ3) is 4.81. The Labute approximate surface area is 147 Å². The van der Waals surface area contributed by atoms with E-state index in [0.29, 0.717) is 5.92 Å². The van der Waals surface area contributed by atoms with E-state index in [4.69, 9.17) is 0 Å². The van der Waals surface area contributed by atoms with Gasteiger partial charge in [-0.1, -0.05) is 49.6 Å². The summed E-state index contributed by atoms with van der Waals surface area (Å²) >= 11 is 0. The second-order valence-electron chi connectivity index (χ2n) is 7.99. The van der Waals surface area contributed by atoms with Crippen molar-refractivity contribution in [2.45, 2.75) is 50.5 Å². The van der Waals surface area contributed by atoms with Gasteiger partial charge < -0.3 is 14.9 Å². The molecule has 3 rings (SSSR count). The van der Waals surface area contributed by atoms with Crippen LogP contribution in [0.25, 0.3) is 0 Å². The van der Waals surface area contributed by atoms with Crippen LogP contribution in [0.2, 0.25) is 0 Å². The van der Waals surface area contributed by atoms with Gasteiger partial charge in [-0.3, -0.25) is 0 Å². The first-order valence-electron chi connectivity index (χ1n) is 9.83. The van der Waals surface area contributed by atoms with E-state index in [2.05, 4.69) is 47.2 Å². The lowest BCUT2D eigenvalue weighted by atomic mass is 9.78. The van der Waals surface area contributed by atoms with E-state index in [1.165, 1.54) is 31.2 Å². The molecule has 2 fully saturated rings. The molecular formula is C21H34N2O. The monoisotopic (exact) mass is 330 g/mol. The van der Waals surface area contributed by atoms with Crippen LogP contribution in [-0.4, -0.2) is 60.3 Å². The Morgan fingerprint density at radius 1 is 1.04 bits per heavy atom. The van der Waals surface area contributed by atoms with Crippen LogP contribution in [0, 0.1) is 5.92 Å². The zero-order valence-corrected chi connectivity index (χ0v) is 15.3. The van der Waals surface area contributed by atoms with Crippen LogP contribution in [-0.2, 0) is 6.42 Å². The quantitative estimate of drug-likeness (QED) is 0.840. The van der Waals surface area contributed by atoms with Gasteiger partial charge in [0.05, 0.1) is 5.60 Å². The Balaban J connectivity index is 1.62. The average molecular weight is 331 g/mol. The van der Waals surface area contributed by atoms with Crippen LogP contribution in [0.3, 0.4) is 0 Å². The lowest BCUT2D eigenvalue weighted by Crippen LogP contribution is -2.50. The molecule has 2 unspecified atom stereocenters. The number of hydrogen-bond donors (Lipinski definition) is 1. The van der Waals surface area contributed by atoms with Crippen molar-refractivity contribution in [2.24, 2.45) is 5.92 Å². The van der Waals surface area contributed by atoms with Gasteiger partial charge in [-0.2, -0.15) is 0 Å². The van der Waals surface area contributed by atoms with Crippen LogP contribution in [0.15, 0.2) is 30.3 Å². The average Bonchev–Trinajstić information content (AvgIpc) is 2.79. The van der Waals surface area contributed by atoms with Crippen LogP contribution >= 0.6 is 0 Å². The van der Waals surface area contributed by atoms with Gasteiger partial charge >= 0.3 is 0 Å². The summed E-state index contributed by atoms with van der Waals surface area (Å²) in [6, 6.07) is 10.7. The molecule has 0 amide bonds. The van der Waals surface area contributed by atoms with E-state index < -0.39 is 5.60 Å². The summed E-state index contributed by atoms with van der Waals surface area (Å²) in [6.07, 6.45) is 7.84. The number of benzene rings is 1. The highest BCUT2D eigenvalue weighted by atomic mass is 16.3. The summed E-state index contributed by atoms with van der Waals surface area (Å²) in [7, 11) is 2.21. The molecule has 0 radical (unpaired) electrons. The van der Waals surface area contributed by atoms with E-state index >= 15 is 0 Å². The summed E-state index contributed by atoms with van der Waals surface area (Å²) in [5, 5.41) is 11.5. The van der Waals surface area contributed by atoms with E-state index in [1.54, 1.807) is 0 Å². The molecule has 1 aliphatic carbocycles. The fourth-order valence-electron chi connectivity index (χ4n) is 4.41. The number of nitrogens with zero attached hydrogens (tertiary/aromatic N) is 2. The third-order valence-corrected chi connectivity index (χ3v) is 6.19. The molecule has 2 atom stereocenters. The van der Waals surface area contributed by atoms with Gasteiger partial charge in [0.2, 0.25) is 0 Å². The van der Waals surface area contributed by atoms with Crippen molar-refractivity contribution >= 4 is 0 Å². The molecule has 1 saturated carbocycles. The number of aryl methyl sites for hydroxylation is 1. The van der Waals surface area contributed by atoms with E-state index in [1.807, 2.05) is 0 Å². The molecule has 0 aromatic heterocycles. The molecule has 0 spiro atoms. The van der Waals surface area contributed by atoms with Crippen molar-refractivity contribution in [1.29, 1.82) is 0 Å². The van der Waals surface area contributed by atoms with Crippen LogP contribution < -0.4 is 0 Å². The Kier molecular flexibility index (Phi) is 6.31. The van der Waals surface area contributed by atoms with Gasteiger partial charge in [0.15, 0.2) is 0 Å². The zero-order chi connectivity index (χ0) is 16.8. The number of hydrogen-bond acceptors (Lipinski definition) is 3. The van der Waals surface area contributed by atoms with Gasteiger partial charge in [-0.25, -0.2) is 0 Å². The van der Waals surface area contributed by atoms with E-state index in [9.17, 15) is 5.11 Å².